The topological polar surface area (TPSA) is 64.8 Å². The highest BCUT2D eigenvalue weighted by Crippen LogP contribution is 2.27. The molecule has 0 spiro atoms. The number of halogens is 1. The zero-order valence-corrected chi connectivity index (χ0v) is 13.3. The van der Waals surface area contributed by atoms with E-state index in [0.717, 1.165) is 39.1 Å². The SMILES string of the molecule is CC1(C)CN(C(=O)COCC2CCOC2)CCC1N.Cl. The van der Waals surface area contributed by atoms with Crippen molar-refractivity contribution < 1.29 is 14.3 Å². The van der Waals surface area contributed by atoms with Crippen LogP contribution in [-0.2, 0) is 14.3 Å². The third kappa shape index (κ3) is 4.58. The van der Waals surface area contributed by atoms with Crippen molar-refractivity contribution in [1.82, 2.24) is 4.90 Å². The second kappa shape index (κ2) is 7.59. The van der Waals surface area contributed by atoms with Crippen molar-refractivity contribution in [1.29, 1.82) is 0 Å². The van der Waals surface area contributed by atoms with Crippen LogP contribution in [0.3, 0.4) is 0 Å². The molecule has 2 N–H and O–H groups in total. The molecule has 0 aromatic rings. The van der Waals surface area contributed by atoms with E-state index in [4.69, 9.17) is 15.2 Å². The van der Waals surface area contributed by atoms with Crippen molar-refractivity contribution >= 4 is 18.3 Å². The Balaban J connectivity index is 0.00000200. The highest BCUT2D eigenvalue weighted by atomic mass is 35.5. The van der Waals surface area contributed by atoms with Gasteiger partial charge < -0.3 is 20.1 Å². The molecule has 0 aromatic heterocycles. The van der Waals surface area contributed by atoms with Gasteiger partial charge in [-0.15, -0.1) is 12.4 Å². The van der Waals surface area contributed by atoms with Gasteiger partial charge >= 0.3 is 0 Å². The van der Waals surface area contributed by atoms with Crippen molar-refractivity contribution in [2.45, 2.75) is 32.7 Å². The minimum atomic E-state index is -0.00674. The van der Waals surface area contributed by atoms with Crippen LogP contribution >= 0.6 is 12.4 Å². The van der Waals surface area contributed by atoms with Crippen LogP contribution in [0, 0.1) is 11.3 Å². The lowest BCUT2D eigenvalue weighted by atomic mass is 9.80. The molecule has 0 radical (unpaired) electrons. The van der Waals surface area contributed by atoms with E-state index in [1.54, 1.807) is 0 Å². The molecule has 118 valence electrons. The molecule has 0 aromatic carbocycles. The number of piperidine rings is 1. The molecule has 2 rings (SSSR count). The van der Waals surface area contributed by atoms with Crippen LogP contribution in [0.5, 0.6) is 0 Å². The summed E-state index contributed by atoms with van der Waals surface area (Å²) in [6, 6.07) is 0.174. The summed E-state index contributed by atoms with van der Waals surface area (Å²) >= 11 is 0. The lowest BCUT2D eigenvalue weighted by Gasteiger charge is -2.42. The van der Waals surface area contributed by atoms with Crippen molar-refractivity contribution in [3.63, 3.8) is 0 Å². The largest absolute Gasteiger partial charge is 0.381 e. The van der Waals surface area contributed by atoms with Crippen LogP contribution < -0.4 is 5.73 Å². The van der Waals surface area contributed by atoms with E-state index in [1.165, 1.54) is 0 Å². The Morgan fingerprint density at radius 3 is 2.80 bits per heavy atom. The van der Waals surface area contributed by atoms with Gasteiger partial charge in [0.15, 0.2) is 0 Å². The van der Waals surface area contributed by atoms with Gasteiger partial charge in [0.25, 0.3) is 0 Å². The molecule has 1 amide bonds. The second-order valence-electron chi connectivity index (χ2n) is 6.44. The molecule has 2 heterocycles. The summed E-state index contributed by atoms with van der Waals surface area (Å²) < 4.78 is 10.8. The van der Waals surface area contributed by atoms with Crippen molar-refractivity contribution in [3.05, 3.63) is 0 Å². The van der Waals surface area contributed by atoms with Crippen molar-refractivity contribution in [3.8, 4) is 0 Å². The number of hydrogen-bond donors (Lipinski definition) is 1. The number of nitrogens with zero attached hydrogens (tertiary/aromatic N) is 1. The van der Waals surface area contributed by atoms with Crippen LogP contribution in [-0.4, -0.2) is 56.4 Å². The van der Waals surface area contributed by atoms with Crippen LogP contribution in [0.15, 0.2) is 0 Å². The Morgan fingerprint density at radius 2 is 2.20 bits per heavy atom. The summed E-state index contributed by atoms with van der Waals surface area (Å²) in [5, 5.41) is 0. The highest BCUT2D eigenvalue weighted by Gasteiger charge is 2.35. The Kier molecular flexibility index (Phi) is 6.72. The van der Waals surface area contributed by atoms with E-state index in [2.05, 4.69) is 13.8 Å². The molecule has 2 fully saturated rings. The first-order chi connectivity index (χ1) is 8.99. The van der Waals surface area contributed by atoms with Crippen molar-refractivity contribution in [2.75, 3.05) is 39.5 Å². The van der Waals surface area contributed by atoms with E-state index in [1.807, 2.05) is 4.90 Å². The lowest BCUT2D eigenvalue weighted by molar-refractivity contribution is -0.140. The first-order valence-electron chi connectivity index (χ1n) is 7.18. The normalized spacial score (nSPS) is 29.1. The molecule has 0 aliphatic carbocycles. The second-order valence-corrected chi connectivity index (χ2v) is 6.44. The van der Waals surface area contributed by atoms with E-state index in [0.29, 0.717) is 12.5 Å². The third-order valence-electron chi connectivity index (χ3n) is 4.27. The van der Waals surface area contributed by atoms with Crippen LogP contribution in [0.4, 0.5) is 0 Å². The maximum absolute atomic E-state index is 12.1. The number of hydrogen-bond acceptors (Lipinski definition) is 4. The average Bonchev–Trinajstić information content (AvgIpc) is 2.85. The van der Waals surface area contributed by atoms with Gasteiger partial charge in [-0.3, -0.25) is 4.79 Å². The summed E-state index contributed by atoms with van der Waals surface area (Å²) in [4.78, 5) is 14.0. The molecular formula is C14H27ClN2O3. The molecule has 20 heavy (non-hydrogen) atoms. The summed E-state index contributed by atoms with van der Waals surface area (Å²) in [5.74, 6) is 0.540. The first kappa shape index (κ1) is 17.7. The molecule has 2 saturated heterocycles. The zero-order chi connectivity index (χ0) is 13.9. The molecule has 0 bridgehead atoms. The summed E-state index contributed by atoms with van der Waals surface area (Å²) in [5.41, 5.74) is 6.07. The van der Waals surface area contributed by atoms with Gasteiger partial charge in [-0.25, -0.2) is 0 Å². The van der Waals surface area contributed by atoms with E-state index >= 15 is 0 Å². The van der Waals surface area contributed by atoms with Gasteiger partial charge in [-0.05, 0) is 18.3 Å². The molecule has 2 aliphatic heterocycles. The van der Waals surface area contributed by atoms with Crippen LogP contribution in [0.25, 0.3) is 0 Å². The summed E-state index contributed by atoms with van der Waals surface area (Å²) in [7, 11) is 0. The fraction of sp³-hybridized carbons (Fsp3) is 0.929. The van der Waals surface area contributed by atoms with E-state index in [9.17, 15) is 4.79 Å². The van der Waals surface area contributed by atoms with Crippen molar-refractivity contribution in [2.24, 2.45) is 17.1 Å². The van der Waals surface area contributed by atoms with Gasteiger partial charge in [-0.1, -0.05) is 13.8 Å². The highest BCUT2D eigenvalue weighted by molar-refractivity contribution is 5.85. The Labute approximate surface area is 127 Å². The molecular weight excluding hydrogens is 280 g/mol. The smallest absolute Gasteiger partial charge is 0.248 e. The summed E-state index contributed by atoms with van der Waals surface area (Å²) in [6.07, 6.45) is 1.91. The Hall–Kier alpha value is -0.360. The number of carbonyl (C=O) groups excluding carboxylic acids is 1. The minimum Gasteiger partial charge on any atom is -0.381 e. The lowest BCUT2D eigenvalue weighted by Crippen LogP contribution is -2.54. The Morgan fingerprint density at radius 1 is 1.45 bits per heavy atom. The van der Waals surface area contributed by atoms with Crippen LogP contribution in [0.1, 0.15) is 26.7 Å². The van der Waals surface area contributed by atoms with Gasteiger partial charge in [0.1, 0.15) is 6.61 Å². The number of amides is 1. The van der Waals surface area contributed by atoms with E-state index < -0.39 is 0 Å². The summed E-state index contributed by atoms with van der Waals surface area (Å²) in [6.45, 7) is 8.11. The third-order valence-corrected chi connectivity index (χ3v) is 4.27. The Bertz CT molecular complexity index is 320. The van der Waals surface area contributed by atoms with Crippen LogP contribution in [0.2, 0.25) is 0 Å². The molecule has 2 aliphatic rings. The van der Waals surface area contributed by atoms with Gasteiger partial charge in [-0.2, -0.15) is 0 Å². The molecule has 2 atom stereocenters. The molecule has 6 heteroatoms. The van der Waals surface area contributed by atoms with Gasteiger partial charge in [0.2, 0.25) is 5.91 Å². The monoisotopic (exact) mass is 306 g/mol. The predicted molar refractivity (Wildman–Crippen MR) is 79.9 cm³/mol. The van der Waals surface area contributed by atoms with E-state index in [-0.39, 0.29) is 36.4 Å². The van der Waals surface area contributed by atoms with Gasteiger partial charge in [0.05, 0.1) is 13.2 Å². The maximum Gasteiger partial charge on any atom is 0.248 e. The van der Waals surface area contributed by atoms with Gasteiger partial charge in [0, 0.05) is 31.7 Å². The molecule has 5 nitrogen and oxygen atoms in total. The maximum atomic E-state index is 12.1. The standard InChI is InChI=1S/C14H26N2O3.ClH/c1-14(2)10-16(5-3-12(14)15)13(17)9-19-8-11-4-6-18-7-11;/h11-12H,3-10,15H2,1-2H3;1H. The number of ether oxygens (including phenoxy) is 2. The number of nitrogens with two attached hydrogens (primary N) is 1. The number of likely N-dealkylation sites (tertiary alicyclic amines) is 1. The number of rotatable bonds is 4. The minimum absolute atomic E-state index is 0. The predicted octanol–water partition coefficient (Wildman–Crippen LogP) is 1.05. The first-order valence-corrected chi connectivity index (χ1v) is 7.18. The fourth-order valence-electron chi connectivity index (χ4n) is 2.71. The quantitative estimate of drug-likeness (QED) is 0.843. The fourth-order valence-corrected chi connectivity index (χ4v) is 2.71. The molecule has 2 unspecified atom stereocenters. The number of carbonyl (C=O) groups is 1. The molecule has 0 saturated carbocycles. The zero-order valence-electron chi connectivity index (χ0n) is 12.5. The average molecular weight is 307 g/mol.